The second-order valence-electron chi connectivity index (χ2n) is 7.89. The standard InChI is InChI=1S/C22H34N4O2S/c1-3-29(28)20-8-6-7-18(15-20)25-22(23-2)24-16-17-10-12-19(13-11-17)26-14-5-4-9-21(26)27/h10-13,18,20H,3-9,14-16H2,1-2H3,(H2,23,24,25). The van der Waals surface area contributed by atoms with Gasteiger partial charge in [-0.1, -0.05) is 25.5 Å². The quantitative estimate of drug-likeness (QED) is 0.550. The molecule has 1 aromatic rings. The van der Waals surface area contributed by atoms with Gasteiger partial charge in [0.25, 0.3) is 0 Å². The van der Waals surface area contributed by atoms with E-state index in [0.29, 0.717) is 24.3 Å². The molecule has 160 valence electrons. The molecule has 1 saturated carbocycles. The van der Waals surface area contributed by atoms with E-state index in [1.165, 1.54) is 0 Å². The maximum absolute atomic E-state index is 12.2. The average Bonchev–Trinajstić information content (AvgIpc) is 2.77. The minimum absolute atomic E-state index is 0.224. The average molecular weight is 419 g/mol. The molecule has 2 fully saturated rings. The van der Waals surface area contributed by atoms with Gasteiger partial charge in [0.2, 0.25) is 5.91 Å². The molecule has 2 aliphatic rings. The smallest absolute Gasteiger partial charge is 0.226 e. The van der Waals surface area contributed by atoms with E-state index < -0.39 is 10.8 Å². The minimum Gasteiger partial charge on any atom is -0.354 e. The summed E-state index contributed by atoms with van der Waals surface area (Å²) in [6.07, 6.45) is 6.94. The summed E-state index contributed by atoms with van der Waals surface area (Å²) in [5.74, 6) is 1.75. The number of piperidine rings is 1. The zero-order valence-corrected chi connectivity index (χ0v) is 18.5. The van der Waals surface area contributed by atoms with E-state index in [0.717, 1.165) is 68.0 Å². The van der Waals surface area contributed by atoms with Crippen LogP contribution in [0, 0.1) is 0 Å². The van der Waals surface area contributed by atoms with Crippen molar-refractivity contribution >= 4 is 28.4 Å². The monoisotopic (exact) mass is 418 g/mol. The van der Waals surface area contributed by atoms with Crippen molar-refractivity contribution in [3.63, 3.8) is 0 Å². The molecule has 3 unspecified atom stereocenters. The Morgan fingerprint density at radius 1 is 1.21 bits per heavy atom. The second-order valence-corrected chi connectivity index (χ2v) is 9.90. The zero-order chi connectivity index (χ0) is 20.6. The molecule has 1 aromatic carbocycles. The lowest BCUT2D eigenvalue weighted by Crippen LogP contribution is -2.46. The van der Waals surface area contributed by atoms with E-state index >= 15 is 0 Å². The van der Waals surface area contributed by atoms with Crippen molar-refractivity contribution in [2.24, 2.45) is 4.99 Å². The Morgan fingerprint density at radius 3 is 2.69 bits per heavy atom. The summed E-state index contributed by atoms with van der Waals surface area (Å²) in [4.78, 5) is 18.3. The van der Waals surface area contributed by atoms with Crippen molar-refractivity contribution in [1.29, 1.82) is 0 Å². The van der Waals surface area contributed by atoms with Crippen LogP contribution in [0.3, 0.4) is 0 Å². The molecule has 6 nitrogen and oxygen atoms in total. The van der Waals surface area contributed by atoms with Crippen LogP contribution in [0.1, 0.15) is 57.4 Å². The van der Waals surface area contributed by atoms with Gasteiger partial charge in [-0.15, -0.1) is 0 Å². The van der Waals surface area contributed by atoms with Crippen LogP contribution in [0.5, 0.6) is 0 Å². The first-order valence-electron chi connectivity index (χ1n) is 10.8. The minimum atomic E-state index is -0.720. The summed E-state index contributed by atoms with van der Waals surface area (Å²) < 4.78 is 12.2. The number of carbonyl (C=O) groups excluding carboxylic acids is 1. The fourth-order valence-corrected chi connectivity index (χ4v) is 5.54. The topological polar surface area (TPSA) is 73.8 Å². The van der Waals surface area contributed by atoms with E-state index in [9.17, 15) is 9.00 Å². The van der Waals surface area contributed by atoms with Gasteiger partial charge in [-0.05, 0) is 49.8 Å². The van der Waals surface area contributed by atoms with Gasteiger partial charge in [0.1, 0.15) is 0 Å². The predicted octanol–water partition coefficient (Wildman–Crippen LogP) is 2.95. The lowest BCUT2D eigenvalue weighted by atomic mass is 9.95. The molecule has 29 heavy (non-hydrogen) atoms. The highest BCUT2D eigenvalue weighted by Crippen LogP contribution is 2.23. The van der Waals surface area contributed by atoms with E-state index in [4.69, 9.17) is 0 Å². The molecule has 1 heterocycles. The number of aliphatic imine (C=N–C) groups is 1. The van der Waals surface area contributed by atoms with E-state index in [-0.39, 0.29) is 5.91 Å². The van der Waals surface area contributed by atoms with Gasteiger partial charge in [0.15, 0.2) is 5.96 Å². The SMILES string of the molecule is CCS(=O)C1CCCC(NC(=NC)NCc2ccc(N3CCCCC3=O)cc2)C1. The van der Waals surface area contributed by atoms with Gasteiger partial charge in [0.05, 0.1) is 0 Å². The first kappa shape index (κ1) is 21.8. The molecular formula is C22H34N4O2S. The third-order valence-corrected chi connectivity index (χ3v) is 7.62. The highest BCUT2D eigenvalue weighted by Gasteiger charge is 2.26. The van der Waals surface area contributed by atoms with Gasteiger partial charge >= 0.3 is 0 Å². The Labute approximate surface area is 177 Å². The molecule has 0 radical (unpaired) electrons. The number of nitrogens with one attached hydrogen (secondary N) is 2. The second kappa shape index (κ2) is 10.8. The molecule has 1 saturated heterocycles. The lowest BCUT2D eigenvalue weighted by Gasteiger charge is -2.30. The fraction of sp³-hybridized carbons (Fsp3) is 0.636. The lowest BCUT2D eigenvalue weighted by molar-refractivity contribution is -0.119. The Hall–Kier alpha value is -1.89. The molecule has 1 amide bonds. The Kier molecular flexibility index (Phi) is 8.09. The summed E-state index contributed by atoms with van der Waals surface area (Å²) in [5, 5.41) is 7.19. The number of nitrogens with zero attached hydrogens (tertiary/aromatic N) is 2. The van der Waals surface area contributed by atoms with Crippen molar-refractivity contribution in [2.75, 3.05) is 24.2 Å². The summed E-state index contributed by atoms with van der Waals surface area (Å²) in [7, 11) is 1.06. The van der Waals surface area contributed by atoms with Crippen LogP contribution in [-0.2, 0) is 22.1 Å². The third kappa shape index (κ3) is 6.04. The first-order valence-corrected chi connectivity index (χ1v) is 12.2. The van der Waals surface area contributed by atoms with Crippen LogP contribution in [0.4, 0.5) is 5.69 Å². The fourth-order valence-electron chi connectivity index (χ4n) is 4.20. The number of rotatable bonds is 6. The number of hydrogen-bond donors (Lipinski definition) is 2. The molecule has 3 atom stereocenters. The summed E-state index contributed by atoms with van der Waals surface area (Å²) in [6.45, 7) is 3.49. The van der Waals surface area contributed by atoms with Crippen molar-refractivity contribution in [2.45, 2.75) is 69.7 Å². The summed E-state index contributed by atoms with van der Waals surface area (Å²) >= 11 is 0. The van der Waals surface area contributed by atoms with Crippen molar-refractivity contribution in [3.8, 4) is 0 Å². The molecular weight excluding hydrogens is 384 g/mol. The van der Waals surface area contributed by atoms with Gasteiger partial charge in [-0.25, -0.2) is 0 Å². The van der Waals surface area contributed by atoms with Crippen LogP contribution in [0.25, 0.3) is 0 Å². The van der Waals surface area contributed by atoms with E-state index in [2.05, 4.69) is 27.8 Å². The molecule has 0 aromatic heterocycles. The maximum atomic E-state index is 12.2. The number of anilines is 1. The zero-order valence-electron chi connectivity index (χ0n) is 17.7. The first-order chi connectivity index (χ1) is 14.1. The third-order valence-electron chi connectivity index (χ3n) is 5.88. The normalized spacial score (nSPS) is 24.3. The van der Waals surface area contributed by atoms with Crippen molar-refractivity contribution in [3.05, 3.63) is 29.8 Å². The molecule has 0 bridgehead atoms. The van der Waals surface area contributed by atoms with Crippen LogP contribution in [-0.4, -0.2) is 46.7 Å². The number of benzene rings is 1. The van der Waals surface area contributed by atoms with Crippen LogP contribution in [0.2, 0.25) is 0 Å². The molecule has 7 heteroatoms. The highest BCUT2D eigenvalue weighted by atomic mass is 32.2. The number of amides is 1. The Morgan fingerprint density at radius 2 is 2.00 bits per heavy atom. The number of hydrogen-bond acceptors (Lipinski definition) is 3. The maximum Gasteiger partial charge on any atom is 0.226 e. The van der Waals surface area contributed by atoms with Crippen LogP contribution >= 0.6 is 0 Å². The molecule has 3 rings (SSSR count). The summed E-state index contributed by atoms with van der Waals surface area (Å²) in [6, 6.07) is 8.52. The Bertz CT molecular complexity index is 735. The van der Waals surface area contributed by atoms with Crippen molar-refractivity contribution in [1.82, 2.24) is 10.6 Å². The van der Waals surface area contributed by atoms with Crippen LogP contribution < -0.4 is 15.5 Å². The number of guanidine groups is 1. The van der Waals surface area contributed by atoms with Gasteiger partial charge < -0.3 is 15.5 Å². The van der Waals surface area contributed by atoms with E-state index in [1.54, 1.807) is 7.05 Å². The highest BCUT2D eigenvalue weighted by molar-refractivity contribution is 7.85. The van der Waals surface area contributed by atoms with Gasteiger partial charge in [-0.2, -0.15) is 0 Å². The summed E-state index contributed by atoms with van der Waals surface area (Å²) in [5.41, 5.74) is 2.13. The van der Waals surface area contributed by atoms with E-state index in [1.807, 2.05) is 24.0 Å². The molecule has 1 aliphatic heterocycles. The largest absolute Gasteiger partial charge is 0.354 e. The molecule has 0 spiro atoms. The van der Waals surface area contributed by atoms with Crippen molar-refractivity contribution < 1.29 is 9.00 Å². The van der Waals surface area contributed by atoms with Gasteiger partial charge in [0, 0.05) is 60.1 Å². The van der Waals surface area contributed by atoms with Crippen LogP contribution in [0.15, 0.2) is 29.3 Å². The predicted molar refractivity (Wildman–Crippen MR) is 121 cm³/mol. The molecule has 1 aliphatic carbocycles. The Balaban J connectivity index is 1.50. The molecule has 2 N–H and O–H groups in total. The van der Waals surface area contributed by atoms with Gasteiger partial charge in [-0.3, -0.25) is 14.0 Å². The number of carbonyl (C=O) groups is 1.